The van der Waals surface area contributed by atoms with Crippen molar-refractivity contribution in [3.8, 4) is 0 Å². The molecule has 0 fully saturated rings. The van der Waals surface area contributed by atoms with Crippen LogP contribution in [0, 0.1) is 5.92 Å². The normalized spacial score (nSPS) is 12.5. The van der Waals surface area contributed by atoms with E-state index in [4.69, 9.17) is 16.7 Å². The zero-order valence-electron chi connectivity index (χ0n) is 7.88. The van der Waals surface area contributed by atoms with Crippen molar-refractivity contribution < 1.29 is 9.90 Å². The molecule has 14 heavy (non-hydrogen) atoms. The molecule has 0 radical (unpaired) electrons. The van der Waals surface area contributed by atoms with E-state index in [0.717, 1.165) is 0 Å². The van der Waals surface area contributed by atoms with Gasteiger partial charge in [0, 0.05) is 19.3 Å². The van der Waals surface area contributed by atoms with Gasteiger partial charge in [0.1, 0.15) is 5.69 Å². The van der Waals surface area contributed by atoms with E-state index in [1.165, 1.54) is 0 Å². The summed E-state index contributed by atoms with van der Waals surface area (Å²) in [6.07, 6.45) is 1.55. The Hall–Kier alpha value is -1.00. The predicted octanol–water partition coefficient (Wildman–Crippen LogP) is 1.03. The van der Waals surface area contributed by atoms with Gasteiger partial charge in [0.2, 0.25) is 0 Å². The largest absolute Gasteiger partial charge is 0.396 e. The summed E-state index contributed by atoms with van der Waals surface area (Å²) in [6.45, 7) is 2.36. The van der Waals surface area contributed by atoms with Crippen LogP contribution < -0.4 is 5.32 Å². The summed E-state index contributed by atoms with van der Waals surface area (Å²) < 4.78 is 0. The topological polar surface area (TPSA) is 65.1 Å². The molecule has 78 valence electrons. The van der Waals surface area contributed by atoms with Crippen LogP contribution in [-0.4, -0.2) is 29.1 Å². The lowest BCUT2D eigenvalue weighted by Crippen LogP contribution is -2.29. The zero-order chi connectivity index (χ0) is 10.6. The van der Waals surface area contributed by atoms with E-state index in [9.17, 15) is 4.79 Å². The molecule has 0 aromatic carbocycles. The molecule has 1 amide bonds. The summed E-state index contributed by atoms with van der Waals surface area (Å²) >= 11 is 5.64. The summed E-state index contributed by atoms with van der Waals surface area (Å²) in [5.74, 6) is -0.151. The SMILES string of the molecule is CC(CO)CNC(=O)c1cc(Cl)c[nH]1. The molecule has 1 atom stereocenters. The first-order valence-corrected chi connectivity index (χ1v) is 4.74. The first kappa shape index (κ1) is 11.1. The Kier molecular flexibility index (Phi) is 3.98. The van der Waals surface area contributed by atoms with Crippen molar-refractivity contribution in [1.82, 2.24) is 10.3 Å². The van der Waals surface area contributed by atoms with Crippen molar-refractivity contribution in [3.05, 3.63) is 23.0 Å². The highest BCUT2D eigenvalue weighted by atomic mass is 35.5. The van der Waals surface area contributed by atoms with E-state index >= 15 is 0 Å². The maximum Gasteiger partial charge on any atom is 0.267 e. The number of aliphatic hydroxyl groups is 1. The second-order valence-electron chi connectivity index (χ2n) is 3.23. The lowest BCUT2D eigenvalue weighted by Gasteiger charge is -2.08. The molecule has 0 bridgehead atoms. The molecular weight excluding hydrogens is 204 g/mol. The number of carbonyl (C=O) groups excluding carboxylic acids is 1. The van der Waals surface area contributed by atoms with Gasteiger partial charge in [-0.1, -0.05) is 18.5 Å². The van der Waals surface area contributed by atoms with Gasteiger partial charge in [0.05, 0.1) is 5.02 Å². The Morgan fingerprint density at radius 2 is 2.50 bits per heavy atom. The second-order valence-corrected chi connectivity index (χ2v) is 3.67. The minimum atomic E-state index is -0.211. The van der Waals surface area contributed by atoms with Gasteiger partial charge in [-0.15, -0.1) is 0 Å². The number of nitrogens with one attached hydrogen (secondary N) is 2. The van der Waals surface area contributed by atoms with Crippen LogP contribution in [0.15, 0.2) is 12.3 Å². The van der Waals surface area contributed by atoms with Crippen LogP contribution in [-0.2, 0) is 0 Å². The minimum Gasteiger partial charge on any atom is -0.396 e. The number of hydrogen-bond donors (Lipinski definition) is 3. The van der Waals surface area contributed by atoms with Crippen molar-refractivity contribution in [1.29, 1.82) is 0 Å². The van der Waals surface area contributed by atoms with Crippen molar-refractivity contribution >= 4 is 17.5 Å². The average molecular weight is 217 g/mol. The maximum atomic E-state index is 11.4. The number of aromatic nitrogens is 1. The molecule has 1 aromatic heterocycles. The Balaban J connectivity index is 2.43. The average Bonchev–Trinajstić information content (AvgIpc) is 2.60. The molecule has 0 aliphatic heterocycles. The van der Waals surface area contributed by atoms with Crippen LogP contribution in [0.25, 0.3) is 0 Å². The summed E-state index contributed by atoms with van der Waals surface area (Å²) in [6, 6.07) is 1.56. The number of amides is 1. The Morgan fingerprint density at radius 1 is 1.79 bits per heavy atom. The van der Waals surface area contributed by atoms with Gasteiger partial charge >= 0.3 is 0 Å². The number of H-pyrrole nitrogens is 1. The van der Waals surface area contributed by atoms with Crippen molar-refractivity contribution in [2.45, 2.75) is 6.92 Å². The third-order valence-electron chi connectivity index (χ3n) is 1.82. The standard InChI is InChI=1S/C9H13ClN2O2/c1-6(5-13)3-12-9(14)8-2-7(10)4-11-8/h2,4,6,11,13H,3,5H2,1H3,(H,12,14). The first-order valence-electron chi connectivity index (χ1n) is 4.36. The summed E-state index contributed by atoms with van der Waals surface area (Å²) in [5.41, 5.74) is 0.431. The number of aliphatic hydroxyl groups excluding tert-OH is 1. The van der Waals surface area contributed by atoms with Crippen LogP contribution in [0.2, 0.25) is 5.02 Å². The fourth-order valence-corrected chi connectivity index (χ4v) is 1.09. The van der Waals surface area contributed by atoms with Gasteiger partial charge in [0.25, 0.3) is 5.91 Å². The van der Waals surface area contributed by atoms with E-state index in [-0.39, 0.29) is 18.4 Å². The smallest absolute Gasteiger partial charge is 0.267 e. The molecule has 1 rings (SSSR count). The lowest BCUT2D eigenvalue weighted by atomic mass is 10.2. The van der Waals surface area contributed by atoms with Gasteiger partial charge in [0.15, 0.2) is 0 Å². The third-order valence-corrected chi connectivity index (χ3v) is 2.03. The van der Waals surface area contributed by atoms with Crippen molar-refractivity contribution in [2.24, 2.45) is 5.92 Å². The first-order chi connectivity index (χ1) is 6.63. The van der Waals surface area contributed by atoms with Crippen LogP contribution in [0.5, 0.6) is 0 Å². The maximum absolute atomic E-state index is 11.4. The van der Waals surface area contributed by atoms with Crippen molar-refractivity contribution in [2.75, 3.05) is 13.2 Å². The van der Waals surface area contributed by atoms with Gasteiger partial charge in [-0.25, -0.2) is 0 Å². The van der Waals surface area contributed by atoms with Crippen LogP contribution in [0.4, 0.5) is 0 Å². The van der Waals surface area contributed by atoms with E-state index in [2.05, 4.69) is 10.3 Å². The molecule has 5 heteroatoms. The minimum absolute atomic E-state index is 0.0596. The molecular formula is C9H13ClN2O2. The van der Waals surface area contributed by atoms with E-state index < -0.39 is 0 Å². The van der Waals surface area contributed by atoms with Crippen molar-refractivity contribution in [3.63, 3.8) is 0 Å². The highest BCUT2D eigenvalue weighted by molar-refractivity contribution is 6.30. The molecule has 0 aliphatic rings. The Bertz CT molecular complexity index is 312. The van der Waals surface area contributed by atoms with E-state index in [1.54, 1.807) is 12.3 Å². The van der Waals surface area contributed by atoms with Gasteiger partial charge in [-0.3, -0.25) is 4.79 Å². The molecule has 4 nitrogen and oxygen atoms in total. The molecule has 1 aromatic rings. The highest BCUT2D eigenvalue weighted by Crippen LogP contribution is 2.09. The summed E-state index contributed by atoms with van der Waals surface area (Å²) in [4.78, 5) is 14.1. The molecule has 0 aliphatic carbocycles. The number of halogens is 1. The fourth-order valence-electron chi connectivity index (χ4n) is 0.926. The van der Waals surface area contributed by atoms with Gasteiger partial charge in [-0.05, 0) is 12.0 Å². The Morgan fingerprint density at radius 3 is 3.00 bits per heavy atom. The number of aromatic amines is 1. The molecule has 1 unspecified atom stereocenters. The molecule has 0 spiro atoms. The Labute approximate surface area is 87.3 Å². The highest BCUT2D eigenvalue weighted by Gasteiger charge is 2.08. The summed E-state index contributed by atoms with van der Waals surface area (Å²) in [5, 5.41) is 11.9. The predicted molar refractivity (Wildman–Crippen MR) is 54.4 cm³/mol. The molecule has 0 saturated carbocycles. The molecule has 0 saturated heterocycles. The van der Waals surface area contributed by atoms with E-state index in [0.29, 0.717) is 17.3 Å². The van der Waals surface area contributed by atoms with Gasteiger partial charge < -0.3 is 15.4 Å². The number of carbonyl (C=O) groups is 1. The molecule has 1 heterocycles. The monoisotopic (exact) mass is 216 g/mol. The number of hydrogen-bond acceptors (Lipinski definition) is 2. The van der Waals surface area contributed by atoms with Gasteiger partial charge in [-0.2, -0.15) is 0 Å². The van der Waals surface area contributed by atoms with Crippen LogP contribution in [0.3, 0.4) is 0 Å². The quantitative estimate of drug-likeness (QED) is 0.704. The second kappa shape index (κ2) is 5.02. The van der Waals surface area contributed by atoms with Crippen LogP contribution >= 0.6 is 11.6 Å². The molecule has 3 N–H and O–H groups in total. The number of rotatable bonds is 4. The fraction of sp³-hybridized carbons (Fsp3) is 0.444. The van der Waals surface area contributed by atoms with Crippen LogP contribution in [0.1, 0.15) is 17.4 Å². The lowest BCUT2D eigenvalue weighted by molar-refractivity contribution is 0.0938. The zero-order valence-corrected chi connectivity index (χ0v) is 8.64. The third kappa shape index (κ3) is 3.05. The summed E-state index contributed by atoms with van der Waals surface area (Å²) in [7, 11) is 0. The van der Waals surface area contributed by atoms with E-state index in [1.807, 2.05) is 6.92 Å².